The van der Waals surface area contributed by atoms with Gasteiger partial charge in [-0.1, -0.05) is 54.6 Å². The zero-order chi connectivity index (χ0) is 20.3. The molecular weight excluding hydrogens is 421 g/mol. The second kappa shape index (κ2) is 9.21. The maximum atomic E-state index is 14.0. The van der Waals surface area contributed by atoms with Crippen LogP contribution in [0.1, 0.15) is 25.8 Å². The highest BCUT2D eigenvalue weighted by atomic mass is 35.5. The number of halogens is 2. The molecule has 2 aromatic heterocycles. The minimum atomic E-state index is -0.366. The van der Waals surface area contributed by atoms with Crippen molar-refractivity contribution in [1.29, 1.82) is 0 Å². The number of nitrogens with two attached hydrogens (primary N) is 1. The molecule has 3 rings (SSSR count). The van der Waals surface area contributed by atoms with E-state index >= 15 is 0 Å². The first-order valence-corrected chi connectivity index (χ1v) is 10.9. The highest BCUT2D eigenvalue weighted by Crippen LogP contribution is 2.33. The van der Waals surface area contributed by atoms with Gasteiger partial charge in [0.15, 0.2) is 21.8 Å². The van der Waals surface area contributed by atoms with Crippen LogP contribution in [0.2, 0.25) is 5.02 Å². The number of rotatable bonds is 8. The van der Waals surface area contributed by atoms with Crippen LogP contribution in [0.3, 0.4) is 0 Å². The van der Waals surface area contributed by atoms with Gasteiger partial charge in [0.2, 0.25) is 0 Å². The number of fused-ring (bicyclic) bond motifs is 1. The molecule has 0 amide bonds. The Hall–Kier alpha value is -1.68. The molecule has 1 aromatic carbocycles. The van der Waals surface area contributed by atoms with E-state index in [4.69, 9.17) is 17.3 Å². The van der Waals surface area contributed by atoms with Gasteiger partial charge < -0.3 is 16.2 Å². The normalized spacial score (nSPS) is 12.6. The molecule has 3 aromatic rings. The maximum Gasteiger partial charge on any atom is 0.191 e. The minimum Gasteiger partial charge on any atom is -0.394 e. The molecule has 1 atom stereocenters. The Labute approximate surface area is 175 Å². The molecule has 0 radical (unpaired) electrons. The van der Waals surface area contributed by atoms with E-state index in [9.17, 15) is 9.50 Å². The van der Waals surface area contributed by atoms with Crippen LogP contribution in [0, 0.1) is 11.7 Å². The van der Waals surface area contributed by atoms with E-state index < -0.39 is 0 Å². The van der Waals surface area contributed by atoms with Crippen molar-refractivity contribution in [3.8, 4) is 0 Å². The van der Waals surface area contributed by atoms with Crippen LogP contribution < -0.4 is 11.1 Å². The smallest absolute Gasteiger partial charge is 0.191 e. The SMILES string of the molecule is CC(C)CC(CO)Nc1nc(SCc2c(F)cccc2Cl)nc2nc(N)sc12. The number of hydrogen-bond acceptors (Lipinski definition) is 8. The summed E-state index contributed by atoms with van der Waals surface area (Å²) >= 11 is 8.65. The van der Waals surface area contributed by atoms with E-state index in [1.54, 1.807) is 12.1 Å². The number of nitrogens with zero attached hydrogens (tertiary/aromatic N) is 3. The lowest BCUT2D eigenvalue weighted by atomic mass is 10.0. The summed E-state index contributed by atoms with van der Waals surface area (Å²) < 4.78 is 14.8. The molecule has 28 heavy (non-hydrogen) atoms. The summed E-state index contributed by atoms with van der Waals surface area (Å²) in [4.78, 5) is 13.2. The average molecular weight is 442 g/mol. The summed E-state index contributed by atoms with van der Waals surface area (Å²) in [6, 6.07) is 4.44. The Morgan fingerprint density at radius 2 is 2.11 bits per heavy atom. The van der Waals surface area contributed by atoms with Crippen molar-refractivity contribution in [2.45, 2.75) is 37.2 Å². The molecule has 4 N–H and O–H groups in total. The minimum absolute atomic E-state index is 0.0225. The van der Waals surface area contributed by atoms with Gasteiger partial charge in [-0.05, 0) is 24.5 Å². The molecule has 0 saturated heterocycles. The quantitative estimate of drug-likeness (QED) is 0.348. The van der Waals surface area contributed by atoms with Gasteiger partial charge in [0, 0.05) is 16.3 Å². The lowest BCUT2D eigenvalue weighted by molar-refractivity contribution is 0.259. The zero-order valence-electron chi connectivity index (χ0n) is 15.4. The third kappa shape index (κ3) is 5.02. The van der Waals surface area contributed by atoms with Crippen LogP contribution in [-0.4, -0.2) is 32.7 Å². The Morgan fingerprint density at radius 1 is 1.32 bits per heavy atom. The van der Waals surface area contributed by atoms with Crippen LogP contribution in [0.15, 0.2) is 23.4 Å². The first-order valence-electron chi connectivity index (χ1n) is 8.74. The molecule has 0 saturated carbocycles. The number of anilines is 2. The number of thiazole rings is 1. The molecule has 0 aliphatic heterocycles. The van der Waals surface area contributed by atoms with Crippen molar-refractivity contribution in [2.24, 2.45) is 5.92 Å². The van der Waals surface area contributed by atoms with E-state index in [1.165, 1.54) is 29.2 Å². The molecule has 1 unspecified atom stereocenters. The van der Waals surface area contributed by atoms with Crippen molar-refractivity contribution in [2.75, 3.05) is 17.7 Å². The fourth-order valence-corrected chi connectivity index (χ4v) is 4.64. The van der Waals surface area contributed by atoms with E-state index in [2.05, 4.69) is 34.1 Å². The number of thioether (sulfide) groups is 1. The summed E-state index contributed by atoms with van der Waals surface area (Å²) in [6.45, 7) is 4.15. The summed E-state index contributed by atoms with van der Waals surface area (Å²) in [5, 5.41) is 14.1. The van der Waals surface area contributed by atoms with Gasteiger partial charge in [0.25, 0.3) is 0 Å². The molecule has 150 valence electrons. The highest BCUT2D eigenvalue weighted by molar-refractivity contribution is 7.98. The monoisotopic (exact) mass is 441 g/mol. The third-order valence-electron chi connectivity index (χ3n) is 3.97. The van der Waals surface area contributed by atoms with Crippen LogP contribution in [0.25, 0.3) is 10.3 Å². The molecule has 0 spiro atoms. The lowest BCUT2D eigenvalue weighted by Gasteiger charge is -2.19. The number of aliphatic hydroxyl groups excluding tert-OH is 1. The lowest BCUT2D eigenvalue weighted by Crippen LogP contribution is -2.26. The van der Waals surface area contributed by atoms with Gasteiger partial charge >= 0.3 is 0 Å². The summed E-state index contributed by atoms with van der Waals surface area (Å²) in [5.74, 6) is 0.895. The number of nitrogen functional groups attached to an aromatic ring is 1. The van der Waals surface area contributed by atoms with Crippen molar-refractivity contribution in [3.05, 3.63) is 34.6 Å². The number of aliphatic hydroxyl groups is 1. The second-order valence-corrected chi connectivity index (χ2v) is 9.08. The second-order valence-electron chi connectivity index (χ2n) is 6.70. The van der Waals surface area contributed by atoms with Gasteiger partial charge in [-0.2, -0.15) is 0 Å². The average Bonchev–Trinajstić information content (AvgIpc) is 3.00. The maximum absolute atomic E-state index is 14.0. The van der Waals surface area contributed by atoms with Crippen molar-refractivity contribution >= 4 is 56.0 Å². The Kier molecular flexibility index (Phi) is 6.92. The Morgan fingerprint density at radius 3 is 2.79 bits per heavy atom. The molecule has 0 bridgehead atoms. The van der Waals surface area contributed by atoms with E-state index in [1.807, 2.05) is 0 Å². The molecule has 2 heterocycles. The Bertz CT molecular complexity index is 948. The van der Waals surface area contributed by atoms with E-state index in [0.29, 0.717) is 38.3 Å². The number of hydrogen-bond donors (Lipinski definition) is 3. The van der Waals surface area contributed by atoms with Gasteiger partial charge in [-0.15, -0.1) is 0 Å². The zero-order valence-corrected chi connectivity index (χ0v) is 17.8. The topological polar surface area (TPSA) is 97.0 Å². The van der Waals surface area contributed by atoms with Crippen molar-refractivity contribution < 1.29 is 9.50 Å². The molecule has 10 heteroatoms. The highest BCUT2D eigenvalue weighted by Gasteiger charge is 2.18. The molecule has 0 aliphatic carbocycles. The van der Waals surface area contributed by atoms with E-state index in [-0.39, 0.29) is 24.2 Å². The van der Waals surface area contributed by atoms with Crippen LogP contribution in [-0.2, 0) is 5.75 Å². The van der Waals surface area contributed by atoms with Crippen LogP contribution in [0.5, 0.6) is 0 Å². The first-order chi connectivity index (χ1) is 13.4. The van der Waals surface area contributed by atoms with Gasteiger partial charge in [0.1, 0.15) is 10.5 Å². The van der Waals surface area contributed by atoms with Gasteiger partial charge in [0.05, 0.1) is 12.6 Å². The van der Waals surface area contributed by atoms with Crippen molar-refractivity contribution in [1.82, 2.24) is 15.0 Å². The standard InChI is InChI=1S/C18H21ClFN5OS2/c1-9(2)6-10(7-26)22-15-14-16(23-17(21)28-14)25-18(24-15)27-8-11-12(19)4-3-5-13(11)20/h3-5,9-10,26H,6-8H2,1-2H3,(H3,21,22,23,24,25). The summed E-state index contributed by atoms with van der Waals surface area (Å²) in [7, 11) is 0. The van der Waals surface area contributed by atoms with Crippen LogP contribution in [0.4, 0.5) is 15.3 Å². The number of aromatic nitrogens is 3. The molecule has 6 nitrogen and oxygen atoms in total. The predicted octanol–water partition coefficient (Wildman–Crippen LogP) is 4.57. The first kappa shape index (κ1) is 21.0. The fraction of sp³-hybridized carbons (Fsp3) is 0.389. The summed E-state index contributed by atoms with van der Waals surface area (Å²) in [6.07, 6.45) is 0.781. The van der Waals surface area contributed by atoms with Gasteiger partial charge in [-0.25, -0.2) is 19.3 Å². The Balaban J connectivity index is 1.89. The molecule has 0 fully saturated rings. The number of nitrogens with one attached hydrogen (secondary N) is 1. The largest absolute Gasteiger partial charge is 0.394 e. The van der Waals surface area contributed by atoms with Crippen molar-refractivity contribution in [3.63, 3.8) is 0 Å². The van der Waals surface area contributed by atoms with E-state index in [0.717, 1.165) is 11.1 Å². The third-order valence-corrected chi connectivity index (χ3v) is 6.08. The molecule has 0 aliphatic rings. The predicted molar refractivity (Wildman–Crippen MR) is 115 cm³/mol. The summed E-state index contributed by atoms with van der Waals surface area (Å²) in [5.41, 5.74) is 6.72. The van der Waals surface area contributed by atoms with Gasteiger partial charge in [-0.3, -0.25) is 0 Å². The molecular formula is C18H21ClFN5OS2. The number of benzene rings is 1. The fourth-order valence-electron chi connectivity index (χ4n) is 2.73. The van der Waals surface area contributed by atoms with Crippen LogP contribution >= 0.6 is 34.7 Å².